The van der Waals surface area contributed by atoms with E-state index in [-0.39, 0.29) is 28.9 Å². The molecule has 4 aromatic heterocycles. The summed E-state index contributed by atoms with van der Waals surface area (Å²) in [6.45, 7) is 8.29. The van der Waals surface area contributed by atoms with E-state index in [0.29, 0.717) is 5.15 Å². The van der Waals surface area contributed by atoms with Crippen molar-refractivity contribution in [1.29, 1.82) is 0 Å². The molecule has 1 aliphatic heterocycles. The van der Waals surface area contributed by atoms with Crippen LogP contribution in [0.25, 0.3) is 33.1 Å². The second-order valence-electron chi connectivity index (χ2n) is 10.5. The van der Waals surface area contributed by atoms with Crippen molar-refractivity contribution in [3.05, 3.63) is 101 Å². The van der Waals surface area contributed by atoms with Crippen LogP contribution in [0.4, 0.5) is 0 Å². The highest BCUT2D eigenvalue weighted by Gasteiger charge is 2.52. The summed E-state index contributed by atoms with van der Waals surface area (Å²) in [5.41, 5.74) is 4.60. The Hall–Kier alpha value is -3.47. The maximum absolute atomic E-state index is 6.09. The van der Waals surface area contributed by atoms with Gasteiger partial charge in [0.1, 0.15) is 5.15 Å². The van der Waals surface area contributed by atoms with Crippen molar-refractivity contribution in [2.75, 3.05) is 0 Å². The van der Waals surface area contributed by atoms with Gasteiger partial charge in [-0.1, -0.05) is 35.9 Å². The fourth-order valence-electron chi connectivity index (χ4n) is 4.39. The van der Waals surface area contributed by atoms with Crippen LogP contribution in [0.2, 0.25) is 15.7 Å². The summed E-state index contributed by atoms with van der Waals surface area (Å²) in [4.78, 5) is 21.7. The minimum absolute atomic E-state index is 0.178. The molecule has 214 valence electrons. The number of benzene rings is 2. The number of aromatic nitrogens is 6. The van der Waals surface area contributed by atoms with Crippen LogP contribution in [-0.4, -0.2) is 48.2 Å². The number of hydrogen-bond acceptors (Lipinski definition) is 6. The summed E-state index contributed by atoms with van der Waals surface area (Å²) in [5.74, 6) is 0. The van der Waals surface area contributed by atoms with Crippen LogP contribution < -0.4 is 5.46 Å². The number of fused-ring (bicyclic) bond motifs is 2. The van der Waals surface area contributed by atoms with E-state index in [9.17, 15) is 0 Å². The number of rotatable bonds is 2. The Morgan fingerprint density at radius 3 is 1.83 bits per heavy atom. The van der Waals surface area contributed by atoms with Gasteiger partial charge < -0.3 is 19.3 Å². The van der Waals surface area contributed by atoms with Crippen LogP contribution in [0.15, 0.2) is 85.5 Å². The number of nitrogens with zero attached hydrogens (tertiary/aromatic N) is 4. The number of H-pyrrole nitrogens is 2. The third-order valence-corrected chi connectivity index (χ3v) is 7.80. The molecule has 0 radical (unpaired) electrons. The molecule has 8 nitrogen and oxygen atoms in total. The Balaban J connectivity index is 0.000000135. The first-order valence-electron chi connectivity index (χ1n) is 13.1. The smallest absolute Gasteiger partial charge is 0.399 e. The normalized spacial score (nSPS) is 15.2. The molecule has 7 rings (SSSR count). The summed E-state index contributed by atoms with van der Waals surface area (Å²) < 4.78 is 12.2. The van der Waals surface area contributed by atoms with Gasteiger partial charge in [0, 0.05) is 46.8 Å². The zero-order valence-electron chi connectivity index (χ0n) is 23.4. The maximum atomic E-state index is 6.09. The highest BCUT2D eigenvalue weighted by Crippen LogP contribution is 2.37. The Labute approximate surface area is 258 Å². The molecule has 1 fully saturated rings. The predicted octanol–water partition coefficient (Wildman–Crippen LogP) is 7.53. The van der Waals surface area contributed by atoms with Gasteiger partial charge in [-0.3, -0.25) is 0 Å². The first-order valence-corrected chi connectivity index (χ1v) is 14.3. The SMILES string of the molecule is CC1(C)OB(c2cccc3[nH]ccc23)OC1(C)C.Clc1ccnc(Cl)n1.Clc1nccc(-c2cccc3[nH]ccc23)n1. The van der Waals surface area contributed by atoms with E-state index in [2.05, 4.69) is 75.8 Å². The number of nitrogens with one attached hydrogen (secondary N) is 2. The summed E-state index contributed by atoms with van der Waals surface area (Å²) in [5, 5.41) is 3.11. The lowest BCUT2D eigenvalue weighted by Gasteiger charge is -2.32. The molecule has 12 heteroatoms. The molecule has 1 saturated heterocycles. The lowest BCUT2D eigenvalue weighted by Crippen LogP contribution is -2.41. The topological polar surface area (TPSA) is 102 Å². The lowest BCUT2D eigenvalue weighted by molar-refractivity contribution is 0.00578. The van der Waals surface area contributed by atoms with Gasteiger partial charge in [0.05, 0.1) is 16.9 Å². The second-order valence-corrected chi connectivity index (χ2v) is 11.5. The van der Waals surface area contributed by atoms with E-state index in [1.165, 1.54) is 6.20 Å². The minimum Gasteiger partial charge on any atom is -0.399 e. The lowest BCUT2D eigenvalue weighted by atomic mass is 9.77. The van der Waals surface area contributed by atoms with Gasteiger partial charge in [0.2, 0.25) is 10.6 Å². The first kappa shape index (κ1) is 30.0. The molecule has 5 heterocycles. The second kappa shape index (κ2) is 12.4. The van der Waals surface area contributed by atoms with E-state index in [1.54, 1.807) is 12.3 Å². The molecule has 6 aromatic rings. The van der Waals surface area contributed by atoms with Gasteiger partial charge in [-0.25, -0.2) is 19.9 Å². The van der Waals surface area contributed by atoms with Crippen LogP contribution in [0.3, 0.4) is 0 Å². The molecule has 2 aromatic carbocycles. The summed E-state index contributed by atoms with van der Waals surface area (Å²) in [6.07, 6.45) is 7.02. The Bertz CT molecular complexity index is 1790. The molecule has 0 saturated carbocycles. The molecular formula is C30H28BCl3N6O2. The van der Waals surface area contributed by atoms with Crippen molar-refractivity contribution in [3.63, 3.8) is 0 Å². The molecule has 1 aliphatic rings. The average Bonchev–Trinajstić information content (AvgIpc) is 3.66. The quantitative estimate of drug-likeness (QED) is 0.118. The first-order chi connectivity index (χ1) is 20.0. The highest BCUT2D eigenvalue weighted by molar-refractivity contribution is 6.65. The fourth-order valence-corrected chi connectivity index (χ4v) is 4.87. The van der Waals surface area contributed by atoms with E-state index in [4.69, 9.17) is 44.1 Å². The van der Waals surface area contributed by atoms with E-state index < -0.39 is 0 Å². The third kappa shape index (κ3) is 6.61. The Morgan fingerprint density at radius 2 is 1.24 bits per heavy atom. The number of halogens is 3. The highest BCUT2D eigenvalue weighted by atomic mass is 35.5. The van der Waals surface area contributed by atoms with Gasteiger partial charge in [-0.05, 0) is 98.1 Å². The van der Waals surface area contributed by atoms with Gasteiger partial charge in [-0.15, -0.1) is 0 Å². The zero-order valence-corrected chi connectivity index (χ0v) is 25.7. The average molecular weight is 622 g/mol. The summed E-state index contributed by atoms with van der Waals surface area (Å²) >= 11 is 16.5. The van der Waals surface area contributed by atoms with Gasteiger partial charge in [-0.2, -0.15) is 0 Å². The summed E-state index contributed by atoms with van der Waals surface area (Å²) in [7, 11) is -0.297. The molecule has 0 bridgehead atoms. The molecule has 0 amide bonds. The van der Waals surface area contributed by atoms with Crippen LogP contribution in [-0.2, 0) is 9.31 Å². The number of aromatic amines is 2. The predicted molar refractivity (Wildman–Crippen MR) is 170 cm³/mol. The van der Waals surface area contributed by atoms with Gasteiger partial charge in [0.15, 0.2) is 0 Å². The van der Waals surface area contributed by atoms with Crippen molar-refractivity contribution in [1.82, 2.24) is 29.9 Å². The molecule has 0 aliphatic carbocycles. The van der Waals surface area contributed by atoms with E-state index in [1.807, 2.05) is 48.8 Å². The molecule has 2 N–H and O–H groups in total. The standard InChI is InChI=1S/C14H18BNO2.C12H8ClN3.C4H2Cl2N2/c1-13(2)14(3,4)18-15(17-13)11-6-5-7-12-10(11)8-9-16-12;13-12-15-7-5-11(16-12)8-2-1-3-10-9(8)4-6-14-10;5-3-1-2-7-4(6)8-3/h5-9,16H,1-4H3;1-7,14H;1-2H. The summed E-state index contributed by atoms with van der Waals surface area (Å²) in [6, 6.07) is 19.7. The van der Waals surface area contributed by atoms with Gasteiger partial charge in [0.25, 0.3) is 0 Å². The van der Waals surface area contributed by atoms with E-state index >= 15 is 0 Å². The van der Waals surface area contributed by atoms with Gasteiger partial charge >= 0.3 is 7.12 Å². The fraction of sp³-hybridized carbons (Fsp3) is 0.200. The van der Waals surface area contributed by atoms with Crippen molar-refractivity contribution in [2.24, 2.45) is 0 Å². The molecule has 0 atom stereocenters. The van der Waals surface area contributed by atoms with Crippen LogP contribution >= 0.6 is 34.8 Å². The van der Waals surface area contributed by atoms with E-state index in [0.717, 1.165) is 38.5 Å². The third-order valence-electron chi connectivity index (χ3n) is 7.23. The van der Waals surface area contributed by atoms with Crippen molar-refractivity contribution < 1.29 is 9.31 Å². The van der Waals surface area contributed by atoms with Crippen LogP contribution in [0.5, 0.6) is 0 Å². The van der Waals surface area contributed by atoms with Crippen molar-refractivity contribution >= 4 is 69.2 Å². The Morgan fingerprint density at radius 1 is 0.667 bits per heavy atom. The Kier molecular flexibility index (Phi) is 8.87. The zero-order chi connectivity index (χ0) is 29.9. The largest absolute Gasteiger partial charge is 0.495 e. The molecule has 0 unspecified atom stereocenters. The maximum Gasteiger partial charge on any atom is 0.495 e. The molecule has 42 heavy (non-hydrogen) atoms. The molecule has 0 spiro atoms. The number of hydrogen-bond donors (Lipinski definition) is 2. The van der Waals surface area contributed by atoms with Crippen LogP contribution in [0.1, 0.15) is 27.7 Å². The van der Waals surface area contributed by atoms with Crippen molar-refractivity contribution in [3.8, 4) is 11.3 Å². The minimum atomic E-state index is -0.297. The molecular weight excluding hydrogens is 594 g/mol. The monoisotopic (exact) mass is 620 g/mol. The van der Waals surface area contributed by atoms with Crippen LogP contribution in [0, 0.1) is 0 Å². The van der Waals surface area contributed by atoms with Crippen molar-refractivity contribution in [2.45, 2.75) is 38.9 Å².